The highest BCUT2D eigenvalue weighted by Gasteiger charge is 2.47. The predicted molar refractivity (Wildman–Crippen MR) is 98.1 cm³/mol. The fourth-order valence-electron chi connectivity index (χ4n) is 3.08. The van der Waals surface area contributed by atoms with Gasteiger partial charge in [-0.1, -0.05) is 12.1 Å². The van der Waals surface area contributed by atoms with Gasteiger partial charge < -0.3 is 10.6 Å². The maximum atomic E-state index is 13.6. The fourth-order valence-corrected chi connectivity index (χ4v) is 4.52. The van der Waals surface area contributed by atoms with Gasteiger partial charge in [0.1, 0.15) is 11.4 Å². The summed E-state index contributed by atoms with van der Waals surface area (Å²) in [6, 6.07) is 5.03. The van der Waals surface area contributed by atoms with Crippen LogP contribution in [0.15, 0.2) is 41.2 Å². The van der Waals surface area contributed by atoms with Crippen LogP contribution in [0.4, 0.5) is 19.0 Å². The van der Waals surface area contributed by atoms with Crippen molar-refractivity contribution in [1.82, 2.24) is 15.1 Å². The summed E-state index contributed by atoms with van der Waals surface area (Å²) >= 11 is 2.88. The topological polar surface area (TPSA) is 59.0 Å². The fraction of sp³-hybridized carbons (Fsp3) is 0.294. The third-order valence-electron chi connectivity index (χ3n) is 4.37. The number of nitrogens with zero attached hydrogens (tertiary/aromatic N) is 2. The van der Waals surface area contributed by atoms with Crippen molar-refractivity contribution >= 4 is 34.4 Å². The predicted octanol–water partition coefficient (Wildman–Crippen LogP) is 4.60. The summed E-state index contributed by atoms with van der Waals surface area (Å²) < 4.78 is 41.7. The molecule has 27 heavy (non-hydrogen) atoms. The zero-order chi connectivity index (χ0) is 19.0. The molecule has 2 N–H and O–H groups in total. The van der Waals surface area contributed by atoms with E-state index < -0.39 is 24.2 Å². The minimum absolute atomic E-state index is 0.102. The molecule has 1 aliphatic heterocycles. The monoisotopic (exact) mass is 412 g/mol. The lowest BCUT2D eigenvalue weighted by molar-refractivity contribution is -0.173. The number of anilines is 1. The lowest BCUT2D eigenvalue weighted by Crippen LogP contribution is -2.36. The van der Waals surface area contributed by atoms with E-state index >= 15 is 0 Å². The smallest absolute Gasteiger partial charge is 0.362 e. The van der Waals surface area contributed by atoms with Gasteiger partial charge in [-0.2, -0.15) is 18.3 Å². The number of carbonyl (C=O) groups excluding carboxylic acids is 1. The van der Waals surface area contributed by atoms with Crippen LogP contribution in [-0.4, -0.2) is 21.9 Å². The second-order valence-electron chi connectivity index (χ2n) is 6.12. The van der Waals surface area contributed by atoms with Crippen LogP contribution in [0.25, 0.3) is 0 Å². The molecular formula is C17H15F3N4OS2. The number of fused-ring (bicyclic) bond motifs is 1. The van der Waals surface area contributed by atoms with Crippen LogP contribution in [-0.2, 0) is 6.54 Å². The molecule has 4 heterocycles. The third-order valence-corrected chi connectivity index (χ3v) is 6.24. The Morgan fingerprint density at radius 2 is 2.07 bits per heavy atom. The average Bonchev–Trinajstić information content (AvgIpc) is 3.39. The molecule has 3 aromatic rings. The minimum atomic E-state index is -4.46. The first-order valence-electron chi connectivity index (χ1n) is 8.18. The number of hydrogen-bond acceptors (Lipinski definition) is 5. The molecule has 2 atom stereocenters. The van der Waals surface area contributed by atoms with Gasteiger partial charge in [-0.15, -0.1) is 22.7 Å². The highest BCUT2D eigenvalue weighted by atomic mass is 32.1. The van der Waals surface area contributed by atoms with Crippen molar-refractivity contribution in [3.05, 3.63) is 56.5 Å². The number of hydrogen-bond donors (Lipinski definition) is 2. The van der Waals surface area contributed by atoms with Gasteiger partial charge in [-0.25, -0.2) is 4.68 Å². The SMILES string of the molecule is O=C(NCc1cccs1)c1cnn2c1N[C@H](c1cccs1)C[C@@H]2C(F)(F)F. The lowest BCUT2D eigenvalue weighted by atomic mass is 10.0. The molecule has 0 saturated carbocycles. The highest BCUT2D eigenvalue weighted by molar-refractivity contribution is 7.10. The molecule has 0 bridgehead atoms. The molecule has 1 amide bonds. The Morgan fingerprint density at radius 3 is 2.74 bits per heavy atom. The Bertz CT molecular complexity index is 919. The summed E-state index contributed by atoms with van der Waals surface area (Å²) in [5, 5.41) is 13.4. The summed E-state index contributed by atoms with van der Waals surface area (Å²) in [5.74, 6) is -0.351. The van der Waals surface area contributed by atoms with E-state index in [2.05, 4.69) is 15.7 Å². The second-order valence-corrected chi connectivity index (χ2v) is 8.13. The van der Waals surface area contributed by atoms with Crippen molar-refractivity contribution in [1.29, 1.82) is 0 Å². The quantitative estimate of drug-likeness (QED) is 0.659. The molecule has 0 unspecified atom stereocenters. The van der Waals surface area contributed by atoms with Gasteiger partial charge in [0.05, 0.1) is 18.8 Å². The first-order valence-corrected chi connectivity index (χ1v) is 9.94. The number of carbonyl (C=O) groups is 1. The third kappa shape index (κ3) is 3.59. The van der Waals surface area contributed by atoms with Crippen LogP contribution in [0, 0.1) is 0 Å². The van der Waals surface area contributed by atoms with Crippen LogP contribution in [0.1, 0.15) is 38.6 Å². The zero-order valence-corrected chi connectivity index (χ0v) is 15.5. The highest BCUT2D eigenvalue weighted by Crippen LogP contribution is 2.45. The van der Waals surface area contributed by atoms with E-state index in [0.29, 0.717) is 6.54 Å². The number of thiophene rings is 2. The van der Waals surface area contributed by atoms with Gasteiger partial charge >= 0.3 is 6.18 Å². The van der Waals surface area contributed by atoms with Gasteiger partial charge in [0, 0.05) is 16.2 Å². The number of aromatic nitrogens is 2. The molecule has 10 heteroatoms. The van der Waals surface area contributed by atoms with Gasteiger partial charge in [0.2, 0.25) is 0 Å². The van der Waals surface area contributed by atoms with Crippen LogP contribution in [0.2, 0.25) is 0 Å². The molecular weight excluding hydrogens is 397 g/mol. The molecule has 5 nitrogen and oxygen atoms in total. The van der Waals surface area contributed by atoms with Crippen molar-refractivity contribution in [2.45, 2.75) is 31.2 Å². The Labute approximate surface area is 160 Å². The van der Waals surface area contributed by atoms with E-state index in [1.165, 1.54) is 28.9 Å². The molecule has 0 spiro atoms. The van der Waals surface area contributed by atoms with Crippen LogP contribution < -0.4 is 10.6 Å². The molecule has 0 radical (unpaired) electrons. The molecule has 142 valence electrons. The van der Waals surface area contributed by atoms with E-state index in [1.54, 1.807) is 12.1 Å². The summed E-state index contributed by atoms with van der Waals surface area (Å²) in [4.78, 5) is 14.3. The van der Waals surface area contributed by atoms with Gasteiger partial charge in [0.15, 0.2) is 6.04 Å². The molecule has 0 fully saturated rings. The summed E-state index contributed by atoms with van der Waals surface area (Å²) in [5.41, 5.74) is 0.113. The van der Waals surface area contributed by atoms with E-state index in [-0.39, 0.29) is 17.8 Å². The van der Waals surface area contributed by atoms with Crippen molar-refractivity contribution in [3.8, 4) is 0 Å². The first-order chi connectivity index (χ1) is 12.9. The molecule has 3 aromatic heterocycles. The van der Waals surface area contributed by atoms with Gasteiger partial charge in [0.25, 0.3) is 5.91 Å². The molecule has 1 aliphatic rings. The molecule has 0 aromatic carbocycles. The van der Waals surface area contributed by atoms with E-state index in [1.807, 2.05) is 22.9 Å². The Morgan fingerprint density at radius 1 is 1.30 bits per heavy atom. The number of rotatable bonds is 4. The van der Waals surface area contributed by atoms with E-state index in [9.17, 15) is 18.0 Å². The number of amides is 1. The first kappa shape index (κ1) is 18.1. The molecule has 0 aliphatic carbocycles. The summed E-state index contributed by atoms with van der Waals surface area (Å²) in [6.45, 7) is 0.318. The zero-order valence-electron chi connectivity index (χ0n) is 13.9. The second kappa shape index (κ2) is 7.01. The van der Waals surface area contributed by atoms with Crippen molar-refractivity contribution in [2.75, 3.05) is 5.32 Å². The lowest BCUT2D eigenvalue weighted by Gasteiger charge is -2.33. The van der Waals surface area contributed by atoms with E-state index in [0.717, 1.165) is 14.4 Å². The minimum Gasteiger partial charge on any atom is -0.362 e. The number of halogens is 3. The van der Waals surface area contributed by atoms with Crippen LogP contribution in [0.5, 0.6) is 0 Å². The van der Waals surface area contributed by atoms with Crippen molar-refractivity contribution in [2.24, 2.45) is 0 Å². The van der Waals surface area contributed by atoms with Crippen molar-refractivity contribution < 1.29 is 18.0 Å². The largest absolute Gasteiger partial charge is 0.410 e. The average molecular weight is 412 g/mol. The van der Waals surface area contributed by atoms with Crippen LogP contribution >= 0.6 is 22.7 Å². The van der Waals surface area contributed by atoms with Crippen LogP contribution in [0.3, 0.4) is 0 Å². The van der Waals surface area contributed by atoms with Crippen molar-refractivity contribution in [3.63, 3.8) is 0 Å². The Balaban J connectivity index is 1.63. The Kier molecular flexibility index (Phi) is 4.68. The van der Waals surface area contributed by atoms with Gasteiger partial charge in [-0.3, -0.25) is 4.79 Å². The number of nitrogens with one attached hydrogen (secondary N) is 2. The Hall–Kier alpha value is -2.33. The summed E-state index contributed by atoms with van der Waals surface area (Å²) in [6.07, 6.45) is -3.43. The number of alkyl halides is 3. The standard InChI is InChI=1S/C17H15F3N4OS2/c18-17(19,20)14-7-12(13-4-2-6-27-13)23-15-11(9-22-24(14)15)16(25)21-8-10-3-1-5-26-10/h1-6,9,12,14,23H,7-8H2,(H,21,25)/t12-,14+/m0/s1. The normalized spacial score (nSPS) is 19.4. The summed E-state index contributed by atoms with van der Waals surface area (Å²) in [7, 11) is 0. The molecule has 0 saturated heterocycles. The van der Waals surface area contributed by atoms with Gasteiger partial charge in [-0.05, 0) is 22.9 Å². The van der Waals surface area contributed by atoms with E-state index in [4.69, 9.17) is 0 Å². The maximum Gasteiger partial charge on any atom is 0.410 e. The maximum absolute atomic E-state index is 13.6. The molecule has 4 rings (SSSR count).